The van der Waals surface area contributed by atoms with Gasteiger partial charge in [-0.15, -0.1) is 0 Å². The van der Waals surface area contributed by atoms with E-state index in [0.717, 1.165) is 12.1 Å². The lowest BCUT2D eigenvalue weighted by Crippen LogP contribution is -2.47. The van der Waals surface area contributed by atoms with Gasteiger partial charge in [0.2, 0.25) is 0 Å². The number of hydrogen-bond donors (Lipinski definition) is 1. The van der Waals surface area contributed by atoms with Gasteiger partial charge in [-0.1, -0.05) is 30.3 Å². The summed E-state index contributed by atoms with van der Waals surface area (Å²) in [7, 11) is 0. The van der Waals surface area contributed by atoms with Crippen molar-refractivity contribution in [1.29, 1.82) is 0 Å². The second kappa shape index (κ2) is 4.21. The van der Waals surface area contributed by atoms with Crippen LogP contribution in [0, 0.1) is 0 Å². The lowest BCUT2D eigenvalue weighted by molar-refractivity contribution is 0.330. The first-order chi connectivity index (χ1) is 8.66. The van der Waals surface area contributed by atoms with Gasteiger partial charge in [-0.25, -0.2) is 0 Å². The van der Waals surface area contributed by atoms with E-state index in [2.05, 4.69) is 54.5 Å². The number of benzene rings is 1. The summed E-state index contributed by atoms with van der Waals surface area (Å²) in [6, 6.07) is 15.0. The van der Waals surface area contributed by atoms with Crippen LogP contribution < -0.4 is 5.32 Å². The fourth-order valence-electron chi connectivity index (χ4n) is 2.75. The normalized spacial score (nSPS) is 21.3. The summed E-state index contributed by atoms with van der Waals surface area (Å²) in [4.78, 5) is 4.50. The van der Waals surface area contributed by atoms with Gasteiger partial charge >= 0.3 is 0 Å². The van der Waals surface area contributed by atoms with E-state index in [0.29, 0.717) is 0 Å². The zero-order valence-electron chi connectivity index (χ0n) is 10.9. The van der Waals surface area contributed by atoms with Crippen LogP contribution in [0.15, 0.2) is 48.7 Å². The van der Waals surface area contributed by atoms with Crippen molar-refractivity contribution in [3.8, 4) is 0 Å². The average molecular weight is 238 g/mol. The van der Waals surface area contributed by atoms with E-state index in [1.54, 1.807) is 0 Å². The van der Waals surface area contributed by atoms with Gasteiger partial charge < -0.3 is 0 Å². The Hall–Kier alpha value is -1.67. The van der Waals surface area contributed by atoms with Crippen molar-refractivity contribution in [1.82, 2.24) is 10.3 Å². The van der Waals surface area contributed by atoms with Crippen molar-refractivity contribution in [2.75, 3.05) is 0 Å². The molecule has 0 spiro atoms. The molecule has 1 aromatic carbocycles. The number of nitrogens with one attached hydrogen (secondary N) is 1. The summed E-state index contributed by atoms with van der Waals surface area (Å²) < 4.78 is 0. The minimum absolute atomic E-state index is 0.108. The molecule has 0 fully saturated rings. The van der Waals surface area contributed by atoms with E-state index in [9.17, 15) is 0 Å². The topological polar surface area (TPSA) is 24.9 Å². The second-order valence-corrected chi connectivity index (χ2v) is 5.59. The molecule has 1 aliphatic heterocycles. The molecule has 0 radical (unpaired) electrons. The Labute approximate surface area is 108 Å². The Morgan fingerprint density at radius 3 is 2.67 bits per heavy atom. The molecule has 18 heavy (non-hydrogen) atoms. The molecule has 2 heterocycles. The van der Waals surface area contributed by atoms with E-state index in [1.807, 2.05) is 18.3 Å². The van der Waals surface area contributed by atoms with Crippen molar-refractivity contribution in [2.24, 2.45) is 0 Å². The molecule has 0 amide bonds. The van der Waals surface area contributed by atoms with Crippen molar-refractivity contribution in [3.63, 3.8) is 0 Å². The predicted octanol–water partition coefficient (Wildman–Crippen LogP) is 3.10. The Morgan fingerprint density at radius 2 is 1.89 bits per heavy atom. The lowest BCUT2D eigenvalue weighted by atomic mass is 9.82. The molecular formula is C16H18N2. The smallest absolute Gasteiger partial charge is 0.0758 e. The monoisotopic (exact) mass is 238 g/mol. The zero-order valence-corrected chi connectivity index (χ0v) is 10.9. The molecule has 1 N–H and O–H groups in total. The minimum atomic E-state index is 0.108. The molecule has 1 aromatic heterocycles. The van der Waals surface area contributed by atoms with Gasteiger partial charge in [0.1, 0.15) is 0 Å². The Bertz CT molecular complexity index is 546. The van der Waals surface area contributed by atoms with Crippen LogP contribution in [0.3, 0.4) is 0 Å². The summed E-state index contributed by atoms with van der Waals surface area (Å²) >= 11 is 0. The first-order valence-corrected chi connectivity index (χ1v) is 6.42. The van der Waals surface area contributed by atoms with Crippen molar-refractivity contribution < 1.29 is 0 Å². The lowest BCUT2D eigenvalue weighted by Gasteiger charge is -2.38. The highest BCUT2D eigenvalue weighted by Gasteiger charge is 2.32. The number of pyridine rings is 1. The highest BCUT2D eigenvalue weighted by molar-refractivity contribution is 5.39. The maximum atomic E-state index is 4.50. The fraction of sp³-hybridized carbons (Fsp3) is 0.312. The quantitative estimate of drug-likeness (QED) is 0.825. The standard InChI is InChI=1S/C16H18N2/c1-16(2)11-12-7-3-4-8-13(12)15(18-16)14-9-5-6-10-17-14/h3-10,15,18H,11H2,1-2H3. The number of hydrogen-bond acceptors (Lipinski definition) is 2. The van der Waals surface area contributed by atoms with E-state index in [-0.39, 0.29) is 11.6 Å². The highest BCUT2D eigenvalue weighted by atomic mass is 15.0. The van der Waals surface area contributed by atoms with Gasteiger partial charge in [-0.2, -0.15) is 0 Å². The van der Waals surface area contributed by atoms with Crippen LogP contribution in [-0.4, -0.2) is 10.5 Å². The summed E-state index contributed by atoms with van der Waals surface area (Å²) in [5, 5.41) is 3.70. The molecule has 2 aromatic rings. The Morgan fingerprint density at radius 1 is 1.11 bits per heavy atom. The fourth-order valence-corrected chi connectivity index (χ4v) is 2.75. The molecular weight excluding hydrogens is 220 g/mol. The molecule has 0 saturated heterocycles. The largest absolute Gasteiger partial charge is 0.300 e. The number of rotatable bonds is 1. The molecule has 2 heteroatoms. The molecule has 0 saturated carbocycles. The van der Waals surface area contributed by atoms with Gasteiger partial charge in [0.15, 0.2) is 0 Å². The molecule has 2 nitrogen and oxygen atoms in total. The number of aromatic nitrogens is 1. The number of fused-ring (bicyclic) bond motifs is 1. The predicted molar refractivity (Wildman–Crippen MR) is 73.4 cm³/mol. The molecule has 92 valence electrons. The van der Waals surface area contributed by atoms with E-state index in [1.165, 1.54) is 11.1 Å². The molecule has 1 unspecified atom stereocenters. The van der Waals surface area contributed by atoms with Crippen LogP contribution in [0.25, 0.3) is 0 Å². The highest BCUT2D eigenvalue weighted by Crippen LogP contribution is 2.33. The Balaban J connectivity index is 2.10. The van der Waals surface area contributed by atoms with Crippen LogP contribution >= 0.6 is 0 Å². The van der Waals surface area contributed by atoms with E-state index < -0.39 is 0 Å². The molecule has 1 aliphatic rings. The summed E-state index contributed by atoms with van der Waals surface area (Å²) in [6.45, 7) is 4.50. The van der Waals surface area contributed by atoms with Gasteiger partial charge in [-0.3, -0.25) is 10.3 Å². The second-order valence-electron chi connectivity index (χ2n) is 5.59. The van der Waals surface area contributed by atoms with E-state index in [4.69, 9.17) is 0 Å². The molecule has 0 bridgehead atoms. The zero-order chi connectivity index (χ0) is 12.6. The van der Waals surface area contributed by atoms with Crippen molar-refractivity contribution in [3.05, 3.63) is 65.5 Å². The first-order valence-electron chi connectivity index (χ1n) is 6.42. The minimum Gasteiger partial charge on any atom is -0.300 e. The van der Waals surface area contributed by atoms with Crippen LogP contribution in [0.4, 0.5) is 0 Å². The van der Waals surface area contributed by atoms with Gasteiger partial charge in [0.05, 0.1) is 11.7 Å². The van der Waals surface area contributed by atoms with Crippen molar-refractivity contribution >= 4 is 0 Å². The van der Waals surface area contributed by atoms with Crippen LogP contribution in [0.2, 0.25) is 0 Å². The van der Waals surface area contributed by atoms with Crippen molar-refractivity contribution in [2.45, 2.75) is 31.8 Å². The summed E-state index contributed by atoms with van der Waals surface area (Å²) in [6.07, 6.45) is 2.92. The average Bonchev–Trinajstić information content (AvgIpc) is 2.38. The van der Waals surface area contributed by atoms with Gasteiger partial charge in [0, 0.05) is 11.7 Å². The van der Waals surface area contributed by atoms with Gasteiger partial charge in [0.25, 0.3) is 0 Å². The van der Waals surface area contributed by atoms with E-state index >= 15 is 0 Å². The van der Waals surface area contributed by atoms with Crippen LogP contribution in [0.1, 0.15) is 36.7 Å². The summed E-state index contributed by atoms with van der Waals surface area (Å²) in [5.41, 5.74) is 3.99. The van der Waals surface area contributed by atoms with Crippen LogP contribution in [0.5, 0.6) is 0 Å². The summed E-state index contributed by atoms with van der Waals surface area (Å²) in [5.74, 6) is 0. The maximum absolute atomic E-state index is 4.50. The molecule has 3 rings (SSSR count). The maximum Gasteiger partial charge on any atom is 0.0758 e. The third-order valence-electron chi connectivity index (χ3n) is 3.52. The first kappa shape index (κ1) is 11.4. The van der Waals surface area contributed by atoms with Crippen LogP contribution in [-0.2, 0) is 6.42 Å². The third-order valence-corrected chi connectivity index (χ3v) is 3.52. The Kier molecular flexibility index (Phi) is 2.67. The molecule has 1 atom stereocenters. The molecule has 0 aliphatic carbocycles. The third kappa shape index (κ3) is 2.04. The van der Waals surface area contributed by atoms with Gasteiger partial charge in [-0.05, 0) is 43.5 Å². The number of nitrogens with zero attached hydrogens (tertiary/aromatic N) is 1. The SMILES string of the molecule is CC1(C)Cc2ccccc2C(c2ccccn2)N1.